The Morgan fingerprint density at radius 2 is 2.25 bits per heavy atom. The van der Waals surface area contributed by atoms with Gasteiger partial charge < -0.3 is 5.32 Å². The molecule has 1 N–H and O–H groups in total. The maximum Gasteiger partial charge on any atom is 0.225 e. The Bertz CT molecular complexity index is 635. The van der Waals surface area contributed by atoms with Gasteiger partial charge in [0.15, 0.2) is 0 Å². The number of halogens is 1. The summed E-state index contributed by atoms with van der Waals surface area (Å²) in [7, 11) is 0. The van der Waals surface area contributed by atoms with Crippen LogP contribution in [0, 0.1) is 5.41 Å². The molecule has 0 saturated heterocycles. The number of thiophene rings is 1. The molecule has 108 valence electrons. The van der Waals surface area contributed by atoms with E-state index in [0.717, 1.165) is 22.5 Å². The van der Waals surface area contributed by atoms with Gasteiger partial charge in [0.25, 0.3) is 0 Å². The standard InChI is InChI=1S/C15H20ClN3S/c1-4-10-7-11-12(18-14(16)19-13(11)20-10)17-9-5-6-15(2,3)8-9/h7,9H,4-6,8H2,1-3H3,(H,17,18,19). The lowest BCUT2D eigenvalue weighted by atomic mass is 9.92. The highest BCUT2D eigenvalue weighted by Gasteiger charge is 2.31. The first-order chi connectivity index (χ1) is 9.47. The Balaban J connectivity index is 1.92. The molecule has 0 amide bonds. The molecular weight excluding hydrogens is 290 g/mol. The summed E-state index contributed by atoms with van der Waals surface area (Å²) in [5.74, 6) is 0.902. The van der Waals surface area contributed by atoms with E-state index < -0.39 is 0 Å². The molecule has 1 saturated carbocycles. The Kier molecular flexibility index (Phi) is 3.63. The number of aromatic nitrogens is 2. The predicted molar refractivity (Wildman–Crippen MR) is 86.8 cm³/mol. The summed E-state index contributed by atoms with van der Waals surface area (Å²) in [4.78, 5) is 11.1. The van der Waals surface area contributed by atoms with Crippen LogP contribution in [-0.4, -0.2) is 16.0 Å². The topological polar surface area (TPSA) is 37.8 Å². The Morgan fingerprint density at radius 3 is 2.90 bits per heavy atom. The van der Waals surface area contributed by atoms with Crippen molar-refractivity contribution in [2.24, 2.45) is 5.41 Å². The number of rotatable bonds is 3. The van der Waals surface area contributed by atoms with Crippen LogP contribution in [0.1, 0.15) is 44.9 Å². The number of nitrogens with one attached hydrogen (secondary N) is 1. The molecule has 2 aromatic rings. The average Bonchev–Trinajstić information content (AvgIpc) is 2.92. The molecule has 0 radical (unpaired) electrons. The summed E-state index contributed by atoms with van der Waals surface area (Å²) in [5, 5.41) is 5.04. The first kappa shape index (κ1) is 14.1. The fourth-order valence-electron chi connectivity index (χ4n) is 2.98. The summed E-state index contributed by atoms with van der Waals surface area (Å²) in [6, 6.07) is 2.68. The van der Waals surface area contributed by atoms with E-state index >= 15 is 0 Å². The minimum Gasteiger partial charge on any atom is -0.367 e. The summed E-state index contributed by atoms with van der Waals surface area (Å²) in [6.45, 7) is 6.82. The lowest BCUT2D eigenvalue weighted by Crippen LogP contribution is -2.18. The highest BCUT2D eigenvalue weighted by atomic mass is 35.5. The SMILES string of the molecule is CCc1cc2c(NC3CCC(C)(C)C3)nc(Cl)nc2s1. The summed E-state index contributed by atoms with van der Waals surface area (Å²) in [6.07, 6.45) is 4.66. The largest absolute Gasteiger partial charge is 0.367 e. The molecule has 20 heavy (non-hydrogen) atoms. The second-order valence-electron chi connectivity index (χ2n) is 6.37. The number of hydrogen-bond acceptors (Lipinski definition) is 4. The van der Waals surface area contributed by atoms with Crippen molar-refractivity contribution in [1.82, 2.24) is 9.97 Å². The minimum absolute atomic E-state index is 0.335. The summed E-state index contributed by atoms with van der Waals surface area (Å²) < 4.78 is 0. The Hall–Kier alpha value is -0.870. The first-order valence-electron chi connectivity index (χ1n) is 7.19. The zero-order valence-corrected chi connectivity index (χ0v) is 13.7. The van der Waals surface area contributed by atoms with Crippen molar-refractivity contribution in [1.29, 1.82) is 0 Å². The van der Waals surface area contributed by atoms with Crippen LogP contribution in [0.3, 0.4) is 0 Å². The zero-order valence-electron chi connectivity index (χ0n) is 12.2. The third kappa shape index (κ3) is 2.77. The van der Waals surface area contributed by atoms with Gasteiger partial charge >= 0.3 is 0 Å². The van der Waals surface area contributed by atoms with Crippen LogP contribution in [0.4, 0.5) is 5.82 Å². The van der Waals surface area contributed by atoms with E-state index in [-0.39, 0.29) is 0 Å². The highest BCUT2D eigenvalue weighted by molar-refractivity contribution is 7.18. The van der Waals surface area contributed by atoms with Crippen LogP contribution in [0.5, 0.6) is 0 Å². The molecule has 1 aliphatic carbocycles. The second-order valence-corrected chi connectivity index (χ2v) is 7.83. The molecule has 5 heteroatoms. The van der Waals surface area contributed by atoms with Crippen molar-refractivity contribution in [3.63, 3.8) is 0 Å². The first-order valence-corrected chi connectivity index (χ1v) is 8.39. The van der Waals surface area contributed by atoms with Crippen molar-refractivity contribution in [2.75, 3.05) is 5.32 Å². The average molecular weight is 310 g/mol. The van der Waals surface area contributed by atoms with Gasteiger partial charge in [-0.05, 0) is 48.8 Å². The molecule has 2 aromatic heterocycles. The maximum atomic E-state index is 6.06. The van der Waals surface area contributed by atoms with Gasteiger partial charge in [0, 0.05) is 10.9 Å². The Morgan fingerprint density at radius 1 is 1.45 bits per heavy atom. The zero-order chi connectivity index (χ0) is 14.3. The lowest BCUT2D eigenvalue weighted by molar-refractivity contribution is 0.378. The van der Waals surface area contributed by atoms with Crippen molar-refractivity contribution >= 4 is 39.0 Å². The Labute approximate surface area is 128 Å². The summed E-state index contributed by atoms with van der Waals surface area (Å²) >= 11 is 7.77. The van der Waals surface area contributed by atoms with Gasteiger partial charge in [-0.2, -0.15) is 0 Å². The number of nitrogens with zero attached hydrogens (tertiary/aromatic N) is 2. The van der Waals surface area contributed by atoms with Crippen LogP contribution in [0.15, 0.2) is 6.07 Å². The van der Waals surface area contributed by atoms with E-state index in [1.54, 1.807) is 11.3 Å². The van der Waals surface area contributed by atoms with Gasteiger partial charge in [0.2, 0.25) is 5.28 Å². The molecule has 0 spiro atoms. The van der Waals surface area contributed by atoms with E-state index in [1.165, 1.54) is 24.1 Å². The van der Waals surface area contributed by atoms with Gasteiger partial charge in [0.1, 0.15) is 10.6 Å². The fourth-order valence-corrected chi connectivity index (χ4v) is 4.17. The normalized spacial score (nSPS) is 21.5. The van der Waals surface area contributed by atoms with Crippen LogP contribution in [0.2, 0.25) is 5.28 Å². The molecule has 1 atom stereocenters. The molecule has 2 heterocycles. The second kappa shape index (κ2) is 5.15. The summed E-state index contributed by atoms with van der Waals surface area (Å²) in [5.41, 5.74) is 0.427. The molecule has 0 bridgehead atoms. The van der Waals surface area contributed by atoms with Crippen molar-refractivity contribution < 1.29 is 0 Å². The van der Waals surface area contributed by atoms with Gasteiger partial charge in [-0.1, -0.05) is 20.8 Å². The molecule has 3 nitrogen and oxygen atoms in total. The molecule has 1 aliphatic rings. The van der Waals surface area contributed by atoms with Crippen LogP contribution in [-0.2, 0) is 6.42 Å². The fraction of sp³-hybridized carbons (Fsp3) is 0.600. The van der Waals surface area contributed by atoms with Crippen molar-refractivity contribution in [2.45, 2.75) is 52.5 Å². The van der Waals surface area contributed by atoms with Gasteiger partial charge in [0.05, 0.1) is 5.39 Å². The van der Waals surface area contributed by atoms with Crippen LogP contribution in [0.25, 0.3) is 10.2 Å². The van der Waals surface area contributed by atoms with Gasteiger partial charge in [-0.15, -0.1) is 11.3 Å². The monoisotopic (exact) mass is 309 g/mol. The molecule has 1 fully saturated rings. The van der Waals surface area contributed by atoms with E-state index in [0.29, 0.717) is 16.7 Å². The quantitative estimate of drug-likeness (QED) is 0.820. The van der Waals surface area contributed by atoms with Crippen LogP contribution < -0.4 is 5.32 Å². The van der Waals surface area contributed by atoms with Gasteiger partial charge in [-0.3, -0.25) is 0 Å². The molecule has 0 aromatic carbocycles. The number of fused-ring (bicyclic) bond motifs is 1. The third-order valence-electron chi connectivity index (χ3n) is 4.07. The number of aryl methyl sites for hydroxylation is 1. The molecular formula is C15H20ClN3S. The van der Waals surface area contributed by atoms with Crippen LogP contribution >= 0.6 is 22.9 Å². The van der Waals surface area contributed by atoms with Gasteiger partial charge in [-0.25, -0.2) is 9.97 Å². The number of anilines is 1. The van der Waals surface area contributed by atoms with E-state index in [9.17, 15) is 0 Å². The third-order valence-corrected chi connectivity index (χ3v) is 5.42. The van der Waals surface area contributed by atoms with E-state index in [2.05, 4.69) is 42.1 Å². The van der Waals surface area contributed by atoms with E-state index in [4.69, 9.17) is 11.6 Å². The lowest BCUT2D eigenvalue weighted by Gasteiger charge is -2.18. The minimum atomic E-state index is 0.335. The van der Waals surface area contributed by atoms with Crippen molar-refractivity contribution in [3.8, 4) is 0 Å². The maximum absolute atomic E-state index is 6.06. The number of hydrogen-bond donors (Lipinski definition) is 1. The molecule has 0 aliphatic heterocycles. The predicted octanol–water partition coefficient (Wildman–Crippen LogP) is 4.90. The smallest absolute Gasteiger partial charge is 0.225 e. The van der Waals surface area contributed by atoms with E-state index in [1.807, 2.05) is 0 Å². The highest BCUT2D eigenvalue weighted by Crippen LogP contribution is 2.39. The molecule has 3 rings (SSSR count). The van der Waals surface area contributed by atoms with Crippen molar-refractivity contribution in [3.05, 3.63) is 16.2 Å². The molecule has 1 unspecified atom stereocenters.